The highest BCUT2D eigenvalue weighted by Gasteiger charge is 2.20. The highest BCUT2D eigenvalue weighted by atomic mass is 32.2. The van der Waals surface area contributed by atoms with Crippen LogP contribution in [0, 0.1) is 0 Å². The minimum atomic E-state index is -3.67. The largest absolute Gasteiger partial charge is 0.353 e. The van der Waals surface area contributed by atoms with E-state index in [1.54, 1.807) is 6.92 Å². The van der Waals surface area contributed by atoms with Crippen LogP contribution in [0.2, 0.25) is 0 Å². The number of nitrogens with zero attached hydrogens (tertiary/aromatic N) is 1. The second-order valence-corrected chi connectivity index (χ2v) is 5.70. The van der Waals surface area contributed by atoms with Crippen LogP contribution < -0.4 is 5.32 Å². The first-order chi connectivity index (χ1) is 8.25. The van der Waals surface area contributed by atoms with Gasteiger partial charge >= 0.3 is 0 Å². The number of aryl methyl sites for hydroxylation is 1. The Labute approximate surface area is 106 Å². The molecule has 3 N–H and O–H groups in total. The van der Waals surface area contributed by atoms with E-state index in [2.05, 4.69) is 15.5 Å². The maximum atomic E-state index is 10.8. The normalized spacial score (nSPS) is 18.3. The van der Waals surface area contributed by atoms with E-state index in [-0.39, 0.29) is 5.91 Å². The molecule has 0 aromatic carbocycles. The fourth-order valence-corrected chi connectivity index (χ4v) is 1.83. The fourth-order valence-electron chi connectivity index (χ4n) is 1.83. The third-order valence-electron chi connectivity index (χ3n) is 2.41. The molecule has 1 aliphatic rings. The van der Waals surface area contributed by atoms with Gasteiger partial charge in [-0.2, -0.15) is 13.5 Å². The van der Waals surface area contributed by atoms with Gasteiger partial charge < -0.3 is 5.32 Å². The van der Waals surface area contributed by atoms with Crippen LogP contribution in [0.15, 0.2) is 6.20 Å². The number of aromatic nitrogens is 2. The number of rotatable bonds is 1. The van der Waals surface area contributed by atoms with Gasteiger partial charge in [0.15, 0.2) is 0 Å². The molecule has 0 bridgehead atoms. The van der Waals surface area contributed by atoms with E-state index < -0.39 is 10.1 Å². The standard InChI is InChI=1S/C9H13N3O.CH4O3S/c1-6(13)11-8-2-3-9-7(4-8)5-10-12-9;1-5(2,3)4/h5,8H,2-4H2,1H3,(H,10,12)(H,11,13);1H3,(H,2,3,4). The van der Waals surface area contributed by atoms with Crippen LogP contribution in [0.3, 0.4) is 0 Å². The highest BCUT2D eigenvalue weighted by Crippen LogP contribution is 2.18. The van der Waals surface area contributed by atoms with Crippen molar-refractivity contribution in [3.8, 4) is 0 Å². The molecule has 0 aliphatic heterocycles. The van der Waals surface area contributed by atoms with Gasteiger partial charge in [-0.05, 0) is 24.8 Å². The van der Waals surface area contributed by atoms with Crippen molar-refractivity contribution in [3.05, 3.63) is 17.5 Å². The number of carbonyl (C=O) groups is 1. The zero-order valence-electron chi connectivity index (χ0n) is 10.3. The van der Waals surface area contributed by atoms with E-state index in [0.717, 1.165) is 25.0 Å². The lowest BCUT2D eigenvalue weighted by molar-refractivity contribution is -0.119. The Balaban J connectivity index is 0.000000280. The number of H-pyrrole nitrogens is 1. The van der Waals surface area contributed by atoms with Gasteiger partial charge in [-0.25, -0.2) is 0 Å². The van der Waals surface area contributed by atoms with Crippen LogP contribution in [0.25, 0.3) is 0 Å². The Kier molecular flexibility index (Phi) is 4.85. The van der Waals surface area contributed by atoms with Crippen LogP contribution in [0.4, 0.5) is 0 Å². The summed E-state index contributed by atoms with van der Waals surface area (Å²) in [5, 5.41) is 9.92. The maximum absolute atomic E-state index is 10.8. The number of aromatic amines is 1. The fraction of sp³-hybridized carbons (Fsp3) is 0.600. The topological polar surface area (TPSA) is 112 Å². The summed E-state index contributed by atoms with van der Waals surface area (Å²) < 4.78 is 25.9. The SMILES string of the molecule is CC(=O)NC1CCc2n[nH]cc2C1.CS(=O)(=O)O. The lowest BCUT2D eigenvalue weighted by atomic mass is 9.94. The van der Waals surface area contributed by atoms with E-state index in [0.29, 0.717) is 12.3 Å². The maximum Gasteiger partial charge on any atom is 0.261 e. The summed E-state index contributed by atoms with van der Waals surface area (Å²) in [7, 11) is -3.67. The Morgan fingerprint density at radius 3 is 2.78 bits per heavy atom. The zero-order valence-corrected chi connectivity index (χ0v) is 11.1. The Bertz CT molecular complexity index is 501. The van der Waals surface area contributed by atoms with Crippen LogP contribution in [0.1, 0.15) is 24.6 Å². The zero-order chi connectivity index (χ0) is 13.8. The van der Waals surface area contributed by atoms with Gasteiger partial charge in [-0.1, -0.05) is 0 Å². The Hall–Kier alpha value is -1.41. The van der Waals surface area contributed by atoms with E-state index in [4.69, 9.17) is 4.55 Å². The molecule has 0 spiro atoms. The van der Waals surface area contributed by atoms with Crippen LogP contribution in [0.5, 0.6) is 0 Å². The van der Waals surface area contributed by atoms with Crippen molar-refractivity contribution < 1.29 is 17.8 Å². The molecule has 18 heavy (non-hydrogen) atoms. The quantitative estimate of drug-likeness (QED) is 0.620. The minimum absolute atomic E-state index is 0.0527. The molecule has 2 rings (SSSR count). The molecule has 0 radical (unpaired) electrons. The predicted octanol–water partition coefficient (Wildman–Crippen LogP) is -0.0929. The monoisotopic (exact) mass is 275 g/mol. The smallest absolute Gasteiger partial charge is 0.261 e. The first kappa shape index (κ1) is 14.7. The number of hydrogen-bond donors (Lipinski definition) is 3. The van der Waals surface area contributed by atoms with Gasteiger partial charge in [0.25, 0.3) is 10.1 Å². The summed E-state index contributed by atoms with van der Waals surface area (Å²) in [4.78, 5) is 10.8. The first-order valence-corrected chi connectivity index (χ1v) is 7.31. The van der Waals surface area contributed by atoms with Crippen molar-refractivity contribution in [2.24, 2.45) is 0 Å². The second-order valence-electron chi connectivity index (χ2n) is 4.23. The number of fused-ring (bicyclic) bond motifs is 1. The van der Waals surface area contributed by atoms with Gasteiger partial charge in [0.1, 0.15) is 0 Å². The number of amides is 1. The number of hydrogen-bond acceptors (Lipinski definition) is 4. The lowest BCUT2D eigenvalue weighted by Crippen LogP contribution is -2.37. The van der Waals surface area contributed by atoms with Gasteiger partial charge in [0, 0.05) is 19.2 Å². The third kappa shape index (κ3) is 5.78. The third-order valence-corrected chi connectivity index (χ3v) is 2.41. The number of carbonyl (C=O) groups excluding carboxylic acids is 1. The highest BCUT2D eigenvalue weighted by molar-refractivity contribution is 7.85. The van der Waals surface area contributed by atoms with Crippen molar-refractivity contribution >= 4 is 16.0 Å². The van der Waals surface area contributed by atoms with E-state index >= 15 is 0 Å². The van der Waals surface area contributed by atoms with Gasteiger partial charge in [-0.15, -0.1) is 0 Å². The molecule has 0 fully saturated rings. The molecule has 102 valence electrons. The summed E-state index contributed by atoms with van der Waals surface area (Å²) in [5.74, 6) is 0.0527. The molecular formula is C10H17N3O4S. The molecule has 1 aromatic heterocycles. The molecule has 8 heteroatoms. The summed E-state index contributed by atoms with van der Waals surface area (Å²) in [5.41, 5.74) is 2.40. The average Bonchev–Trinajstić information content (AvgIpc) is 2.60. The van der Waals surface area contributed by atoms with Crippen molar-refractivity contribution in [2.45, 2.75) is 32.2 Å². The molecule has 1 aromatic rings. The molecule has 1 aliphatic carbocycles. The molecular weight excluding hydrogens is 258 g/mol. The minimum Gasteiger partial charge on any atom is -0.353 e. The Morgan fingerprint density at radius 2 is 2.22 bits per heavy atom. The molecule has 1 atom stereocenters. The predicted molar refractivity (Wildman–Crippen MR) is 65.7 cm³/mol. The molecule has 7 nitrogen and oxygen atoms in total. The summed E-state index contributed by atoms with van der Waals surface area (Å²) in [6.45, 7) is 1.56. The number of nitrogens with one attached hydrogen (secondary N) is 2. The van der Waals surface area contributed by atoms with Gasteiger partial charge in [0.2, 0.25) is 5.91 Å². The van der Waals surface area contributed by atoms with Gasteiger partial charge in [-0.3, -0.25) is 14.4 Å². The summed E-state index contributed by atoms with van der Waals surface area (Å²) in [6, 6.07) is 0.294. The van der Waals surface area contributed by atoms with E-state index in [9.17, 15) is 13.2 Å². The molecule has 0 saturated heterocycles. The molecule has 1 heterocycles. The van der Waals surface area contributed by atoms with Crippen LogP contribution >= 0.6 is 0 Å². The van der Waals surface area contributed by atoms with Crippen molar-refractivity contribution in [3.63, 3.8) is 0 Å². The Morgan fingerprint density at radius 1 is 1.61 bits per heavy atom. The van der Waals surface area contributed by atoms with Gasteiger partial charge in [0.05, 0.1) is 11.9 Å². The van der Waals surface area contributed by atoms with Crippen molar-refractivity contribution in [1.82, 2.24) is 15.5 Å². The van der Waals surface area contributed by atoms with E-state index in [1.165, 1.54) is 5.56 Å². The molecule has 1 amide bonds. The summed E-state index contributed by atoms with van der Waals surface area (Å²) >= 11 is 0. The molecule has 0 saturated carbocycles. The van der Waals surface area contributed by atoms with Crippen LogP contribution in [-0.4, -0.2) is 41.4 Å². The van der Waals surface area contributed by atoms with Crippen molar-refractivity contribution in [2.75, 3.05) is 6.26 Å². The molecule has 1 unspecified atom stereocenters. The lowest BCUT2D eigenvalue weighted by Gasteiger charge is -2.21. The second kappa shape index (κ2) is 5.96. The van der Waals surface area contributed by atoms with Crippen LogP contribution in [-0.2, 0) is 27.8 Å². The average molecular weight is 275 g/mol. The first-order valence-electron chi connectivity index (χ1n) is 5.47. The van der Waals surface area contributed by atoms with Crippen molar-refractivity contribution in [1.29, 1.82) is 0 Å². The van der Waals surface area contributed by atoms with E-state index in [1.807, 2.05) is 6.20 Å². The summed E-state index contributed by atoms with van der Waals surface area (Å²) in [6.07, 6.45) is 5.50.